The second-order valence-electron chi connectivity index (χ2n) is 7.31. The SMILES string of the molecule is CCCCc1ccc2[nH]c(-c3cc(OC)cc(OC)c3)c(CCCCN)c2c1. The molecule has 0 aliphatic heterocycles. The number of hydrogen-bond acceptors (Lipinski definition) is 3. The highest BCUT2D eigenvalue weighted by molar-refractivity contribution is 5.91. The van der Waals surface area contributed by atoms with Gasteiger partial charge in [0.25, 0.3) is 0 Å². The van der Waals surface area contributed by atoms with Gasteiger partial charge in [0.15, 0.2) is 0 Å². The molecule has 0 saturated heterocycles. The Balaban J connectivity index is 2.11. The van der Waals surface area contributed by atoms with Crippen LogP contribution in [-0.4, -0.2) is 25.7 Å². The third-order valence-electron chi connectivity index (χ3n) is 5.31. The van der Waals surface area contributed by atoms with Crippen molar-refractivity contribution >= 4 is 10.9 Å². The highest BCUT2D eigenvalue weighted by Crippen LogP contribution is 2.36. The van der Waals surface area contributed by atoms with Crippen LogP contribution in [0.3, 0.4) is 0 Å². The molecule has 3 N–H and O–H groups in total. The molecular formula is C24H32N2O2. The second kappa shape index (κ2) is 9.65. The molecule has 0 fully saturated rings. The van der Waals surface area contributed by atoms with E-state index in [-0.39, 0.29) is 0 Å². The number of ether oxygens (including phenoxy) is 2. The van der Waals surface area contributed by atoms with Crippen molar-refractivity contribution in [1.82, 2.24) is 4.98 Å². The molecule has 4 heteroatoms. The van der Waals surface area contributed by atoms with Crippen molar-refractivity contribution in [3.63, 3.8) is 0 Å². The van der Waals surface area contributed by atoms with Gasteiger partial charge >= 0.3 is 0 Å². The number of nitrogens with two attached hydrogens (primary N) is 1. The molecule has 0 radical (unpaired) electrons. The molecule has 0 atom stereocenters. The van der Waals surface area contributed by atoms with E-state index in [1.807, 2.05) is 6.07 Å². The fourth-order valence-electron chi connectivity index (χ4n) is 3.74. The number of benzene rings is 2. The Morgan fingerprint density at radius 2 is 1.64 bits per heavy atom. The third-order valence-corrected chi connectivity index (χ3v) is 5.31. The number of methoxy groups -OCH3 is 2. The number of aryl methyl sites for hydroxylation is 2. The zero-order valence-electron chi connectivity index (χ0n) is 17.3. The third kappa shape index (κ3) is 4.50. The number of H-pyrrole nitrogens is 1. The van der Waals surface area contributed by atoms with Crippen molar-refractivity contribution in [3.8, 4) is 22.8 Å². The number of aromatic amines is 1. The first-order valence-corrected chi connectivity index (χ1v) is 10.3. The van der Waals surface area contributed by atoms with Gasteiger partial charge in [0.2, 0.25) is 0 Å². The molecule has 0 spiro atoms. The molecule has 4 nitrogen and oxygen atoms in total. The van der Waals surface area contributed by atoms with Gasteiger partial charge in [-0.25, -0.2) is 0 Å². The molecule has 3 aromatic rings. The monoisotopic (exact) mass is 380 g/mol. The van der Waals surface area contributed by atoms with E-state index in [0.717, 1.165) is 55.0 Å². The van der Waals surface area contributed by atoms with Gasteiger partial charge < -0.3 is 20.2 Å². The average Bonchev–Trinajstić information content (AvgIpc) is 3.10. The number of aromatic nitrogens is 1. The Hall–Kier alpha value is -2.46. The molecule has 0 amide bonds. The van der Waals surface area contributed by atoms with Gasteiger partial charge in [-0.3, -0.25) is 0 Å². The Bertz CT molecular complexity index is 892. The van der Waals surface area contributed by atoms with E-state index in [4.69, 9.17) is 15.2 Å². The minimum absolute atomic E-state index is 0.729. The van der Waals surface area contributed by atoms with Gasteiger partial charge in [0, 0.05) is 28.2 Å². The topological polar surface area (TPSA) is 60.3 Å². The van der Waals surface area contributed by atoms with Gasteiger partial charge in [-0.2, -0.15) is 0 Å². The summed E-state index contributed by atoms with van der Waals surface area (Å²) in [5.74, 6) is 1.59. The number of fused-ring (bicyclic) bond motifs is 1. The van der Waals surface area contributed by atoms with Crippen LogP contribution in [0, 0.1) is 0 Å². The minimum atomic E-state index is 0.729. The normalized spacial score (nSPS) is 11.1. The van der Waals surface area contributed by atoms with E-state index in [0.29, 0.717) is 0 Å². The Morgan fingerprint density at radius 3 is 2.29 bits per heavy atom. The maximum absolute atomic E-state index is 5.74. The molecule has 28 heavy (non-hydrogen) atoms. The first kappa shape index (κ1) is 20.3. The molecule has 1 aromatic heterocycles. The van der Waals surface area contributed by atoms with Crippen molar-refractivity contribution in [2.45, 2.75) is 45.4 Å². The lowest BCUT2D eigenvalue weighted by Gasteiger charge is -2.10. The summed E-state index contributed by atoms with van der Waals surface area (Å²) in [5, 5.41) is 1.32. The molecule has 1 heterocycles. The van der Waals surface area contributed by atoms with Crippen LogP contribution in [-0.2, 0) is 12.8 Å². The molecule has 3 rings (SSSR count). The summed E-state index contributed by atoms with van der Waals surface area (Å²) < 4.78 is 11.0. The fraction of sp³-hybridized carbons (Fsp3) is 0.417. The summed E-state index contributed by atoms with van der Waals surface area (Å²) in [5.41, 5.74) is 11.9. The fourth-order valence-corrected chi connectivity index (χ4v) is 3.74. The lowest BCUT2D eigenvalue weighted by molar-refractivity contribution is 0.394. The van der Waals surface area contributed by atoms with Crippen LogP contribution < -0.4 is 15.2 Å². The van der Waals surface area contributed by atoms with E-state index < -0.39 is 0 Å². The number of rotatable bonds is 10. The maximum atomic E-state index is 5.74. The molecular weight excluding hydrogens is 348 g/mol. The molecule has 150 valence electrons. The summed E-state index contributed by atoms with van der Waals surface area (Å²) in [6.07, 6.45) is 6.67. The van der Waals surface area contributed by atoms with Crippen LogP contribution in [0.25, 0.3) is 22.2 Å². The van der Waals surface area contributed by atoms with Crippen molar-refractivity contribution in [3.05, 3.63) is 47.5 Å². The van der Waals surface area contributed by atoms with Crippen LogP contribution in [0.4, 0.5) is 0 Å². The van der Waals surface area contributed by atoms with Gasteiger partial charge in [-0.15, -0.1) is 0 Å². The van der Waals surface area contributed by atoms with E-state index in [9.17, 15) is 0 Å². The lowest BCUT2D eigenvalue weighted by Crippen LogP contribution is -1.99. The predicted octanol–water partition coefficient (Wildman–Crippen LogP) is 5.48. The van der Waals surface area contributed by atoms with Gasteiger partial charge in [0.1, 0.15) is 11.5 Å². The summed E-state index contributed by atoms with van der Waals surface area (Å²) in [6.45, 7) is 2.97. The van der Waals surface area contributed by atoms with Crippen molar-refractivity contribution < 1.29 is 9.47 Å². The Labute approximate surface area is 168 Å². The standard InChI is InChI=1S/C24H32N2O2/c1-4-5-8-17-10-11-23-22(13-17)21(9-6-7-12-25)24(26-23)18-14-19(27-2)16-20(15-18)28-3/h10-11,13-16,26H,4-9,12,25H2,1-3H3. The second-order valence-corrected chi connectivity index (χ2v) is 7.31. The van der Waals surface area contributed by atoms with E-state index in [1.54, 1.807) is 14.2 Å². The summed E-state index contributed by atoms with van der Waals surface area (Å²) in [6, 6.07) is 12.9. The minimum Gasteiger partial charge on any atom is -0.497 e. The largest absolute Gasteiger partial charge is 0.497 e. The first-order valence-electron chi connectivity index (χ1n) is 10.3. The van der Waals surface area contributed by atoms with Gasteiger partial charge in [0.05, 0.1) is 14.2 Å². The highest BCUT2D eigenvalue weighted by atomic mass is 16.5. The van der Waals surface area contributed by atoms with Crippen molar-refractivity contribution in [1.29, 1.82) is 0 Å². The average molecular weight is 381 g/mol. The first-order chi connectivity index (χ1) is 13.7. The van der Waals surface area contributed by atoms with Gasteiger partial charge in [-0.05, 0) is 74.0 Å². The maximum Gasteiger partial charge on any atom is 0.123 e. The summed E-state index contributed by atoms with van der Waals surface area (Å²) >= 11 is 0. The summed E-state index contributed by atoms with van der Waals surface area (Å²) in [7, 11) is 3.37. The Kier molecular flexibility index (Phi) is 6.99. The zero-order chi connectivity index (χ0) is 19.9. The Morgan fingerprint density at radius 1 is 0.893 bits per heavy atom. The predicted molar refractivity (Wildman–Crippen MR) is 117 cm³/mol. The molecule has 0 aliphatic carbocycles. The highest BCUT2D eigenvalue weighted by Gasteiger charge is 2.15. The van der Waals surface area contributed by atoms with E-state index in [2.05, 4.69) is 42.2 Å². The number of unbranched alkanes of at least 4 members (excludes halogenated alkanes) is 2. The molecule has 0 aliphatic rings. The van der Waals surface area contributed by atoms with Gasteiger partial charge in [-0.1, -0.05) is 19.4 Å². The molecule has 2 aromatic carbocycles. The van der Waals surface area contributed by atoms with Crippen molar-refractivity contribution in [2.24, 2.45) is 5.73 Å². The molecule has 0 saturated carbocycles. The van der Waals surface area contributed by atoms with E-state index in [1.165, 1.54) is 34.9 Å². The lowest BCUT2D eigenvalue weighted by atomic mass is 9.98. The van der Waals surface area contributed by atoms with Crippen LogP contribution in [0.1, 0.15) is 43.7 Å². The zero-order valence-corrected chi connectivity index (χ0v) is 17.3. The quantitative estimate of drug-likeness (QED) is 0.458. The van der Waals surface area contributed by atoms with Crippen LogP contribution in [0.5, 0.6) is 11.5 Å². The van der Waals surface area contributed by atoms with Crippen LogP contribution in [0.2, 0.25) is 0 Å². The smallest absolute Gasteiger partial charge is 0.123 e. The van der Waals surface area contributed by atoms with E-state index >= 15 is 0 Å². The van der Waals surface area contributed by atoms with Crippen molar-refractivity contribution in [2.75, 3.05) is 20.8 Å². The number of nitrogens with one attached hydrogen (secondary N) is 1. The van der Waals surface area contributed by atoms with Crippen LogP contribution >= 0.6 is 0 Å². The van der Waals surface area contributed by atoms with Crippen LogP contribution in [0.15, 0.2) is 36.4 Å². The summed E-state index contributed by atoms with van der Waals surface area (Å²) in [4.78, 5) is 3.65. The molecule has 0 unspecified atom stereocenters. The number of hydrogen-bond donors (Lipinski definition) is 2. The molecule has 0 bridgehead atoms.